The van der Waals surface area contributed by atoms with Gasteiger partial charge in [-0.15, -0.1) is 0 Å². The maximum atomic E-state index is 11.7. The molecule has 1 aromatic heterocycles. The number of nitrogens with zero attached hydrogens (tertiary/aromatic N) is 1. The summed E-state index contributed by atoms with van der Waals surface area (Å²) in [5.74, 6) is 0.0334. The van der Waals surface area contributed by atoms with Crippen LogP contribution >= 0.6 is 11.8 Å². The van der Waals surface area contributed by atoms with E-state index in [1.165, 1.54) is 11.8 Å². The number of nitrogens with one attached hydrogen (secondary N) is 1. The number of pyridine rings is 1. The van der Waals surface area contributed by atoms with Crippen LogP contribution in [0.3, 0.4) is 0 Å². The number of carbonyl (C=O) groups excluding carboxylic acids is 1. The number of rotatable bonds is 4. The standard InChI is InChI=1S/C14H14N2O2S/c1-2-15-14(18)11-9-10(7-8-16-11)19-13-6-4-3-5-12(13)17/h3-9,17H,2H2,1H3,(H,15,18). The van der Waals surface area contributed by atoms with Gasteiger partial charge < -0.3 is 10.4 Å². The number of phenols is 1. The highest BCUT2D eigenvalue weighted by Crippen LogP contribution is 2.33. The van der Waals surface area contributed by atoms with E-state index in [0.717, 1.165) is 9.79 Å². The van der Waals surface area contributed by atoms with Gasteiger partial charge in [0.25, 0.3) is 5.91 Å². The van der Waals surface area contributed by atoms with Crippen LogP contribution in [0.2, 0.25) is 0 Å². The number of hydrogen-bond acceptors (Lipinski definition) is 4. The Labute approximate surface area is 115 Å². The van der Waals surface area contributed by atoms with Gasteiger partial charge in [-0.1, -0.05) is 23.9 Å². The molecule has 0 bridgehead atoms. The highest BCUT2D eigenvalue weighted by atomic mass is 32.2. The van der Waals surface area contributed by atoms with Crippen LogP contribution in [0.1, 0.15) is 17.4 Å². The second-order valence-electron chi connectivity index (χ2n) is 3.81. The summed E-state index contributed by atoms with van der Waals surface area (Å²) in [6.07, 6.45) is 1.59. The van der Waals surface area contributed by atoms with Crippen molar-refractivity contribution in [1.29, 1.82) is 0 Å². The summed E-state index contributed by atoms with van der Waals surface area (Å²) in [6, 6.07) is 10.6. The van der Waals surface area contributed by atoms with E-state index in [4.69, 9.17) is 0 Å². The fourth-order valence-corrected chi connectivity index (χ4v) is 2.39. The van der Waals surface area contributed by atoms with Crippen LogP contribution in [-0.2, 0) is 0 Å². The molecule has 0 radical (unpaired) electrons. The third kappa shape index (κ3) is 3.48. The predicted molar refractivity (Wildman–Crippen MR) is 74.5 cm³/mol. The predicted octanol–water partition coefficient (Wildman–Crippen LogP) is 2.69. The van der Waals surface area contributed by atoms with Gasteiger partial charge in [-0.3, -0.25) is 9.78 Å². The van der Waals surface area contributed by atoms with Crippen LogP contribution in [-0.4, -0.2) is 22.5 Å². The van der Waals surface area contributed by atoms with Gasteiger partial charge in [0.2, 0.25) is 0 Å². The van der Waals surface area contributed by atoms with Crippen molar-refractivity contribution in [2.24, 2.45) is 0 Å². The number of para-hydroxylation sites is 1. The Balaban J connectivity index is 2.20. The number of aromatic hydroxyl groups is 1. The Bertz CT molecular complexity index is 587. The van der Waals surface area contributed by atoms with Crippen molar-refractivity contribution in [1.82, 2.24) is 10.3 Å². The van der Waals surface area contributed by atoms with Crippen molar-refractivity contribution in [2.45, 2.75) is 16.7 Å². The molecule has 1 heterocycles. The second kappa shape index (κ2) is 6.24. The molecule has 0 saturated carbocycles. The van der Waals surface area contributed by atoms with Gasteiger partial charge in [0.05, 0.1) is 4.90 Å². The maximum absolute atomic E-state index is 11.7. The van der Waals surface area contributed by atoms with E-state index in [1.807, 2.05) is 19.1 Å². The van der Waals surface area contributed by atoms with E-state index in [9.17, 15) is 9.90 Å². The minimum atomic E-state index is -0.192. The minimum absolute atomic E-state index is 0.192. The summed E-state index contributed by atoms with van der Waals surface area (Å²) in [4.78, 5) is 17.3. The number of hydrogen-bond donors (Lipinski definition) is 2. The summed E-state index contributed by atoms with van der Waals surface area (Å²) < 4.78 is 0. The SMILES string of the molecule is CCNC(=O)c1cc(Sc2ccccc2O)ccn1. The van der Waals surface area contributed by atoms with Gasteiger partial charge >= 0.3 is 0 Å². The van der Waals surface area contributed by atoms with Crippen LogP contribution < -0.4 is 5.32 Å². The van der Waals surface area contributed by atoms with Crippen LogP contribution in [0.15, 0.2) is 52.4 Å². The smallest absolute Gasteiger partial charge is 0.269 e. The molecule has 0 unspecified atom stereocenters. The van der Waals surface area contributed by atoms with Crippen LogP contribution in [0, 0.1) is 0 Å². The lowest BCUT2D eigenvalue weighted by molar-refractivity contribution is 0.0950. The molecule has 0 aliphatic carbocycles. The first-order valence-electron chi connectivity index (χ1n) is 5.91. The minimum Gasteiger partial charge on any atom is -0.507 e. The van der Waals surface area contributed by atoms with Gasteiger partial charge in [-0.05, 0) is 31.2 Å². The lowest BCUT2D eigenvalue weighted by Crippen LogP contribution is -2.23. The summed E-state index contributed by atoms with van der Waals surface area (Å²) in [5, 5.41) is 12.4. The van der Waals surface area contributed by atoms with Crippen molar-refractivity contribution in [3.05, 3.63) is 48.3 Å². The molecule has 4 nitrogen and oxygen atoms in total. The van der Waals surface area contributed by atoms with Crippen molar-refractivity contribution in [3.63, 3.8) is 0 Å². The van der Waals surface area contributed by atoms with Crippen molar-refractivity contribution < 1.29 is 9.90 Å². The zero-order valence-corrected chi connectivity index (χ0v) is 11.3. The summed E-state index contributed by atoms with van der Waals surface area (Å²) in [5.41, 5.74) is 0.377. The van der Waals surface area contributed by atoms with E-state index in [1.54, 1.807) is 30.5 Å². The topological polar surface area (TPSA) is 62.2 Å². The van der Waals surface area contributed by atoms with Gasteiger partial charge in [-0.2, -0.15) is 0 Å². The summed E-state index contributed by atoms with van der Waals surface area (Å²) >= 11 is 1.39. The van der Waals surface area contributed by atoms with Crippen molar-refractivity contribution in [2.75, 3.05) is 6.54 Å². The third-order valence-electron chi connectivity index (χ3n) is 2.39. The average molecular weight is 274 g/mol. The molecule has 0 saturated heterocycles. The van der Waals surface area contributed by atoms with Gasteiger partial charge in [-0.25, -0.2) is 0 Å². The molecule has 1 aromatic carbocycles. The molecule has 2 rings (SSSR count). The first-order chi connectivity index (χ1) is 9.20. The van der Waals surface area contributed by atoms with Crippen molar-refractivity contribution >= 4 is 17.7 Å². The quantitative estimate of drug-likeness (QED) is 0.900. The zero-order chi connectivity index (χ0) is 13.7. The first kappa shape index (κ1) is 13.4. The molecular weight excluding hydrogens is 260 g/mol. The van der Waals surface area contributed by atoms with Gasteiger partial charge in [0.15, 0.2) is 0 Å². The molecule has 2 aromatic rings. The first-order valence-corrected chi connectivity index (χ1v) is 6.72. The number of amides is 1. The third-order valence-corrected chi connectivity index (χ3v) is 3.45. The highest BCUT2D eigenvalue weighted by Gasteiger charge is 2.08. The van der Waals surface area contributed by atoms with Crippen LogP contribution in [0.25, 0.3) is 0 Å². The summed E-state index contributed by atoms with van der Waals surface area (Å²) in [6.45, 7) is 2.43. The molecule has 1 amide bonds. The number of benzene rings is 1. The fraction of sp³-hybridized carbons (Fsp3) is 0.143. The molecule has 5 heteroatoms. The van der Waals surface area contributed by atoms with E-state index in [-0.39, 0.29) is 11.7 Å². The van der Waals surface area contributed by atoms with Crippen LogP contribution in [0.4, 0.5) is 0 Å². The highest BCUT2D eigenvalue weighted by molar-refractivity contribution is 7.99. The Morgan fingerprint density at radius 2 is 2.16 bits per heavy atom. The Hall–Kier alpha value is -2.01. The van der Waals surface area contributed by atoms with E-state index < -0.39 is 0 Å². The zero-order valence-electron chi connectivity index (χ0n) is 10.5. The van der Waals surface area contributed by atoms with E-state index in [2.05, 4.69) is 10.3 Å². The molecular formula is C14H14N2O2S. The Morgan fingerprint density at radius 3 is 2.89 bits per heavy atom. The molecule has 0 aliphatic rings. The fourth-order valence-electron chi connectivity index (χ4n) is 1.52. The molecule has 0 fully saturated rings. The molecule has 19 heavy (non-hydrogen) atoms. The lowest BCUT2D eigenvalue weighted by Gasteiger charge is -2.06. The van der Waals surface area contributed by atoms with Gasteiger partial charge in [0.1, 0.15) is 11.4 Å². The maximum Gasteiger partial charge on any atom is 0.269 e. The van der Waals surface area contributed by atoms with Crippen molar-refractivity contribution in [3.8, 4) is 5.75 Å². The summed E-state index contributed by atoms with van der Waals surface area (Å²) in [7, 11) is 0. The lowest BCUT2D eigenvalue weighted by atomic mass is 10.3. The molecule has 0 aliphatic heterocycles. The van der Waals surface area contributed by atoms with E-state index >= 15 is 0 Å². The number of aromatic nitrogens is 1. The van der Waals surface area contributed by atoms with E-state index in [0.29, 0.717) is 12.2 Å². The molecule has 2 N–H and O–H groups in total. The largest absolute Gasteiger partial charge is 0.507 e. The van der Waals surface area contributed by atoms with Crippen LogP contribution in [0.5, 0.6) is 5.75 Å². The normalized spacial score (nSPS) is 10.2. The molecule has 0 atom stereocenters. The second-order valence-corrected chi connectivity index (χ2v) is 4.92. The Morgan fingerprint density at radius 1 is 1.37 bits per heavy atom. The average Bonchev–Trinajstić information content (AvgIpc) is 2.42. The molecule has 98 valence electrons. The van der Waals surface area contributed by atoms with Gasteiger partial charge in [0, 0.05) is 17.6 Å². The molecule has 0 spiro atoms. The monoisotopic (exact) mass is 274 g/mol. The number of phenolic OH excluding ortho intramolecular Hbond substituents is 1. The number of carbonyl (C=O) groups is 1. The Kier molecular flexibility index (Phi) is 4.41.